The van der Waals surface area contributed by atoms with E-state index >= 15 is 0 Å². The van der Waals surface area contributed by atoms with Crippen LogP contribution in [0.1, 0.15) is 66.7 Å². The van der Waals surface area contributed by atoms with Gasteiger partial charge in [-0.25, -0.2) is 0 Å². The van der Waals surface area contributed by atoms with Gasteiger partial charge in [0.05, 0.1) is 6.10 Å². The first-order valence-electron chi connectivity index (χ1n) is 9.08. The van der Waals surface area contributed by atoms with Gasteiger partial charge in [-0.3, -0.25) is 0 Å². The minimum Gasteiger partial charge on any atom is -0.393 e. The SMILES string of the molecule is CC1=CC[C@H]2[C@@](C)(CC[C@H]3C(C)(C)[C@@H](O)CC[C@]23C)[C@@H]1CI. The molecule has 22 heavy (non-hydrogen) atoms. The highest BCUT2D eigenvalue weighted by molar-refractivity contribution is 14.1. The zero-order valence-corrected chi connectivity index (χ0v) is 17.1. The summed E-state index contributed by atoms with van der Waals surface area (Å²) in [7, 11) is 0. The van der Waals surface area contributed by atoms with E-state index in [1.165, 1.54) is 30.1 Å². The Morgan fingerprint density at radius 2 is 1.73 bits per heavy atom. The number of halogens is 1. The number of rotatable bonds is 1. The molecule has 0 aromatic carbocycles. The molecule has 3 aliphatic rings. The topological polar surface area (TPSA) is 20.2 Å². The average molecular weight is 416 g/mol. The molecule has 3 rings (SSSR count). The molecule has 6 atom stereocenters. The van der Waals surface area contributed by atoms with E-state index in [0.29, 0.717) is 16.7 Å². The zero-order valence-electron chi connectivity index (χ0n) is 15.0. The number of hydrogen-bond donors (Lipinski definition) is 1. The summed E-state index contributed by atoms with van der Waals surface area (Å²) in [5.41, 5.74) is 2.57. The van der Waals surface area contributed by atoms with Gasteiger partial charge in [-0.1, -0.05) is 61.9 Å². The first-order chi connectivity index (χ1) is 10.2. The third-order valence-corrected chi connectivity index (χ3v) is 9.13. The highest BCUT2D eigenvalue weighted by Crippen LogP contribution is 2.68. The number of fused-ring (bicyclic) bond motifs is 3. The Morgan fingerprint density at radius 3 is 2.36 bits per heavy atom. The molecule has 2 fully saturated rings. The van der Waals surface area contributed by atoms with E-state index in [2.05, 4.69) is 63.3 Å². The number of aliphatic hydroxyl groups excluding tert-OH is 1. The highest BCUT2D eigenvalue weighted by Gasteiger charge is 2.62. The average Bonchev–Trinajstić information content (AvgIpc) is 2.43. The van der Waals surface area contributed by atoms with Gasteiger partial charge in [0.25, 0.3) is 0 Å². The maximum absolute atomic E-state index is 10.6. The predicted molar refractivity (Wildman–Crippen MR) is 102 cm³/mol. The summed E-state index contributed by atoms with van der Waals surface area (Å²) in [4.78, 5) is 0. The first kappa shape index (κ1) is 17.3. The molecule has 0 heterocycles. The van der Waals surface area contributed by atoms with Crippen molar-refractivity contribution in [3.8, 4) is 0 Å². The predicted octanol–water partition coefficient (Wildman–Crippen LogP) is 5.61. The van der Waals surface area contributed by atoms with Crippen molar-refractivity contribution in [1.82, 2.24) is 0 Å². The Morgan fingerprint density at radius 1 is 1.09 bits per heavy atom. The van der Waals surface area contributed by atoms with Gasteiger partial charge >= 0.3 is 0 Å². The molecule has 0 aliphatic heterocycles. The van der Waals surface area contributed by atoms with Crippen LogP contribution in [-0.4, -0.2) is 15.6 Å². The van der Waals surface area contributed by atoms with E-state index in [1.54, 1.807) is 5.57 Å². The van der Waals surface area contributed by atoms with Gasteiger partial charge in [-0.15, -0.1) is 0 Å². The van der Waals surface area contributed by atoms with Crippen molar-refractivity contribution in [2.75, 3.05) is 4.43 Å². The van der Waals surface area contributed by atoms with Crippen LogP contribution in [-0.2, 0) is 0 Å². The molecule has 3 aliphatic carbocycles. The molecule has 0 saturated heterocycles. The van der Waals surface area contributed by atoms with Crippen LogP contribution in [0.5, 0.6) is 0 Å². The fraction of sp³-hybridized carbons (Fsp3) is 0.900. The van der Waals surface area contributed by atoms with E-state index in [4.69, 9.17) is 0 Å². The highest BCUT2D eigenvalue weighted by atomic mass is 127. The summed E-state index contributed by atoms with van der Waals surface area (Å²) in [6.45, 7) is 12.1. The molecule has 126 valence electrons. The quantitative estimate of drug-likeness (QED) is 0.335. The summed E-state index contributed by atoms with van der Waals surface area (Å²) in [6, 6.07) is 0. The summed E-state index contributed by atoms with van der Waals surface area (Å²) >= 11 is 2.60. The second-order valence-electron chi connectivity index (χ2n) is 9.42. The number of alkyl halides is 1. The zero-order chi connectivity index (χ0) is 16.3. The normalized spacial score (nSPS) is 50.8. The van der Waals surface area contributed by atoms with E-state index in [1.807, 2.05) is 0 Å². The van der Waals surface area contributed by atoms with Crippen molar-refractivity contribution in [3.63, 3.8) is 0 Å². The monoisotopic (exact) mass is 416 g/mol. The summed E-state index contributed by atoms with van der Waals surface area (Å²) in [5, 5.41) is 10.6. The van der Waals surface area contributed by atoms with Crippen LogP contribution in [0.3, 0.4) is 0 Å². The van der Waals surface area contributed by atoms with E-state index in [-0.39, 0.29) is 11.5 Å². The Bertz CT molecular complexity index is 482. The lowest BCUT2D eigenvalue weighted by Crippen LogP contribution is -2.60. The van der Waals surface area contributed by atoms with Gasteiger partial charge in [0.1, 0.15) is 0 Å². The van der Waals surface area contributed by atoms with Crippen LogP contribution in [0.25, 0.3) is 0 Å². The largest absolute Gasteiger partial charge is 0.393 e. The molecule has 0 unspecified atom stereocenters. The number of hydrogen-bond acceptors (Lipinski definition) is 1. The molecular weight excluding hydrogens is 383 g/mol. The second-order valence-corrected chi connectivity index (χ2v) is 10.3. The first-order valence-corrected chi connectivity index (χ1v) is 10.6. The fourth-order valence-corrected chi connectivity index (χ4v) is 8.50. The lowest BCUT2D eigenvalue weighted by molar-refractivity contribution is -0.178. The van der Waals surface area contributed by atoms with Gasteiger partial charge in [0.15, 0.2) is 0 Å². The molecule has 1 N–H and O–H groups in total. The second kappa shape index (κ2) is 5.47. The molecular formula is C20H33IO. The lowest BCUT2D eigenvalue weighted by Gasteiger charge is -2.66. The van der Waals surface area contributed by atoms with Gasteiger partial charge in [0, 0.05) is 4.43 Å². The Hall–Kier alpha value is 0.430. The maximum Gasteiger partial charge on any atom is 0.0594 e. The minimum atomic E-state index is -0.115. The Kier molecular flexibility index (Phi) is 4.29. The van der Waals surface area contributed by atoms with E-state index in [9.17, 15) is 5.11 Å². The molecule has 2 saturated carbocycles. The molecule has 0 aromatic rings. The summed E-state index contributed by atoms with van der Waals surface area (Å²) in [6.07, 6.45) is 8.53. The Balaban J connectivity index is 2.03. The van der Waals surface area contributed by atoms with E-state index in [0.717, 1.165) is 18.3 Å². The minimum absolute atomic E-state index is 0.0738. The number of aliphatic hydroxyl groups is 1. The van der Waals surface area contributed by atoms with Crippen molar-refractivity contribution >= 4 is 22.6 Å². The van der Waals surface area contributed by atoms with Gasteiger partial charge in [-0.05, 0) is 73.0 Å². The van der Waals surface area contributed by atoms with E-state index < -0.39 is 0 Å². The van der Waals surface area contributed by atoms with Crippen molar-refractivity contribution in [2.24, 2.45) is 34.0 Å². The molecule has 0 aromatic heterocycles. The molecule has 0 spiro atoms. The van der Waals surface area contributed by atoms with Crippen molar-refractivity contribution in [1.29, 1.82) is 0 Å². The third kappa shape index (κ3) is 2.18. The van der Waals surface area contributed by atoms with Crippen LogP contribution in [0, 0.1) is 34.0 Å². The summed E-state index contributed by atoms with van der Waals surface area (Å²) < 4.78 is 1.25. The van der Waals surface area contributed by atoms with Gasteiger partial charge < -0.3 is 5.11 Å². The Labute approximate surface area is 150 Å². The van der Waals surface area contributed by atoms with Gasteiger partial charge in [0.2, 0.25) is 0 Å². The van der Waals surface area contributed by atoms with Crippen molar-refractivity contribution in [2.45, 2.75) is 72.8 Å². The lowest BCUT2D eigenvalue weighted by atomic mass is 9.39. The smallest absolute Gasteiger partial charge is 0.0594 e. The molecule has 0 bridgehead atoms. The van der Waals surface area contributed by atoms with Crippen molar-refractivity contribution in [3.05, 3.63) is 11.6 Å². The molecule has 2 heteroatoms. The van der Waals surface area contributed by atoms with Crippen LogP contribution in [0.4, 0.5) is 0 Å². The third-order valence-electron chi connectivity index (χ3n) is 8.25. The van der Waals surface area contributed by atoms with Crippen LogP contribution in [0.2, 0.25) is 0 Å². The van der Waals surface area contributed by atoms with Crippen LogP contribution in [0.15, 0.2) is 11.6 Å². The summed E-state index contributed by atoms with van der Waals surface area (Å²) in [5.74, 6) is 2.21. The fourth-order valence-electron chi connectivity index (χ4n) is 6.80. The van der Waals surface area contributed by atoms with Crippen LogP contribution < -0.4 is 0 Å². The number of allylic oxidation sites excluding steroid dienone is 2. The maximum atomic E-state index is 10.6. The molecule has 0 radical (unpaired) electrons. The van der Waals surface area contributed by atoms with Crippen molar-refractivity contribution < 1.29 is 5.11 Å². The standard InChI is InChI=1S/C20H33IO/c1-13-6-7-16-19(4,14(13)12-21)10-8-15-18(2,3)17(22)9-11-20(15,16)5/h6,14-17,22H,7-12H2,1-5H3/t14-,15+,16+,17+,19+,20+/m1/s1. The molecule has 0 amide bonds. The van der Waals surface area contributed by atoms with Gasteiger partial charge in [-0.2, -0.15) is 0 Å². The molecule has 1 nitrogen and oxygen atoms in total. The van der Waals surface area contributed by atoms with Crippen LogP contribution >= 0.6 is 22.6 Å².